The molecule has 4 heteroatoms. The van der Waals surface area contributed by atoms with Crippen molar-refractivity contribution in [2.24, 2.45) is 7.05 Å². The first kappa shape index (κ1) is 13.8. The van der Waals surface area contributed by atoms with Crippen LogP contribution in [-0.2, 0) is 18.3 Å². The Bertz CT molecular complexity index is 910. The number of rotatable bonds is 2. The minimum atomic E-state index is 0.0531. The van der Waals surface area contributed by atoms with Gasteiger partial charge in [-0.1, -0.05) is 36.4 Å². The maximum atomic E-state index is 11.8. The molecule has 1 aliphatic heterocycles. The smallest absolute Gasteiger partial charge is 0.228 e. The van der Waals surface area contributed by atoms with E-state index in [-0.39, 0.29) is 5.91 Å². The van der Waals surface area contributed by atoms with Crippen LogP contribution in [0.15, 0.2) is 48.5 Å². The van der Waals surface area contributed by atoms with Crippen LogP contribution >= 0.6 is 0 Å². The average Bonchev–Trinajstić information content (AvgIpc) is 3.11. The molecule has 4 rings (SSSR count). The zero-order valence-electron chi connectivity index (χ0n) is 13.1. The van der Waals surface area contributed by atoms with Gasteiger partial charge in [0.1, 0.15) is 0 Å². The lowest BCUT2D eigenvalue weighted by molar-refractivity contribution is -0.115. The van der Waals surface area contributed by atoms with E-state index in [1.807, 2.05) is 36.0 Å². The molecule has 1 aliphatic rings. The summed E-state index contributed by atoms with van der Waals surface area (Å²) in [6.07, 6.45) is 0.429. The van der Waals surface area contributed by atoms with E-state index in [0.717, 1.165) is 39.3 Å². The molecule has 1 amide bonds. The van der Waals surface area contributed by atoms with Crippen molar-refractivity contribution in [3.63, 3.8) is 0 Å². The molecule has 0 unspecified atom stereocenters. The summed E-state index contributed by atoms with van der Waals surface area (Å²) >= 11 is 0. The highest BCUT2D eigenvalue weighted by Gasteiger charge is 2.24. The summed E-state index contributed by atoms with van der Waals surface area (Å²) in [6, 6.07) is 16.3. The number of anilines is 1. The van der Waals surface area contributed by atoms with E-state index in [4.69, 9.17) is 0 Å². The van der Waals surface area contributed by atoms with Crippen molar-refractivity contribution >= 4 is 11.6 Å². The second-order valence-corrected chi connectivity index (χ2v) is 5.91. The molecular formula is C19H17N3O. The molecule has 23 heavy (non-hydrogen) atoms. The first-order chi connectivity index (χ1) is 11.1. The summed E-state index contributed by atoms with van der Waals surface area (Å²) in [5.74, 6) is 0.0531. The maximum Gasteiger partial charge on any atom is 0.228 e. The summed E-state index contributed by atoms with van der Waals surface area (Å²) in [4.78, 5) is 11.8. The molecule has 3 aromatic rings. The number of carbonyl (C=O) groups is 1. The third-order valence-corrected chi connectivity index (χ3v) is 4.34. The van der Waals surface area contributed by atoms with Gasteiger partial charge in [-0.25, -0.2) is 0 Å². The number of amides is 1. The van der Waals surface area contributed by atoms with Crippen molar-refractivity contribution in [1.82, 2.24) is 9.78 Å². The van der Waals surface area contributed by atoms with Crippen molar-refractivity contribution in [3.8, 4) is 22.5 Å². The minimum Gasteiger partial charge on any atom is -0.326 e. The topological polar surface area (TPSA) is 46.9 Å². The van der Waals surface area contributed by atoms with Crippen LogP contribution in [0, 0.1) is 6.92 Å². The van der Waals surface area contributed by atoms with Gasteiger partial charge in [0.05, 0.1) is 17.8 Å². The van der Waals surface area contributed by atoms with E-state index in [9.17, 15) is 4.79 Å². The zero-order chi connectivity index (χ0) is 16.0. The second kappa shape index (κ2) is 5.09. The molecule has 114 valence electrons. The monoisotopic (exact) mass is 303 g/mol. The molecule has 1 N–H and O–H groups in total. The quantitative estimate of drug-likeness (QED) is 0.787. The van der Waals surface area contributed by atoms with E-state index < -0.39 is 0 Å². The number of aromatic nitrogens is 2. The van der Waals surface area contributed by atoms with E-state index in [1.54, 1.807) is 0 Å². The Morgan fingerprint density at radius 1 is 1.13 bits per heavy atom. The first-order valence-corrected chi connectivity index (χ1v) is 7.65. The van der Waals surface area contributed by atoms with Crippen LogP contribution in [0.5, 0.6) is 0 Å². The van der Waals surface area contributed by atoms with Crippen LogP contribution in [0.4, 0.5) is 5.69 Å². The van der Waals surface area contributed by atoms with E-state index in [2.05, 4.69) is 41.6 Å². The minimum absolute atomic E-state index is 0.0531. The molecule has 1 aromatic heterocycles. The standard InChI is InChI=1S/C19H17N3O/c1-12-8-9-15-14(10-18(23)20-15)19(12)17-11-16(21-22(17)2)13-6-4-3-5-7-13/h3-9,11H,10H2,1-2H3,(H,20,23). The predicted octanol–water partition coefficient (Wildman–Crippen LogP) is 3.56. The SMILES string of the molecule is Cc1ccc2c(c1-c1cc(-c3ccccc3)nn1C)CC(=O)N2. The summed E-state index contributed by atoms with van der Waals surface area (Å²) < 4.78 is 1.90. The van der Waals surface area contributed by atoms with Gasteiger partial charge >= 0.3 is 0 Å². The highest BCUT2D eigenvalue weighted by Crippen LogP contribution is 2.37. The molecule has 2 aromatic carbocycles. The summed E-state index contributed by atoms with van der Waals surface area (Å²) in [5, 5.41) is 7.58. The molecule has 0 saturated heterocycles. The normalized spacial score (nSPS) is 13.0. The highest BCUT2D eigenvalue weighted by molar-refractivity contribution is 6.02. The third-order valence-electron chi connectivity index (χ3n) is 4.34. The zero-order valence-corrected chi connectivity index (χ0v) is 13.1. The average molecular weight is 303 g/mol. The van der Waals surface area contributed by atoms with Crippen molar-refractivity contribution in [1.29, 1.82) is 0 Å². The number of nitrogens with zero attached hydrogens (tertiary/aromatic N) is 2. The van der Waals surface area contributed by atoms with E-state index >= 15 is 0 Å². The number of nitrogens with one attached hydrogen (secondary N) is 1. The fraction of sp³-hybridized carbons (Fsp3) is 0.158. The molecule has 0 aliphatic carbocycles. The Hall–Kier alpha value is -2.88. The predicted molar refractivity (Wildman–Crippen MR) is 91.2 cm³/mol. The van der Waals surface area contributed by atoms with Crippen LogP contribution in [0.2, 0.25) is 0 Å². The summed E-state index contributed by atoms with van der Waals surface area (Å²) in [7, 11) is 1.95. The fourth-order valence-electron chi connectivity index (χ4n) is 3.23. The van der Waals surface area contributed by atoms with E-state index in [1.165, 1.54) is 0 Å². The van der Waals surface area contributed by atoms with Crippen LogP contribution in [0.3, 0.4) is 0 Å². The number of carbonyl (C=O) groups excluding carboxylic acids is 1. The lowest BCUT2D eigenvalue weighted by Crippen LogP contribution is -2.03. The van der Waals surface area contributed by atoms with Gasteiger partial charge in [0, 0.05) is 23.9 Å². The Kier molecular flexibility index (Phi) is 3.05. The lowest BCUT2D eigenvalue weighted by Gasteiger charge is -2.11. The molecule has 2 heterocycles. The number of fused-ring (bicyclic) bond motifs is 1. The van der Waals surface area contributed by atoms with Gasteiger partial charge in [-0.05, 0) is 30.2 Å². The molecule has 0 atom stereocenters. The van der Waals surface area contributed by atoms with Gasteiger partial charge in [0.2, 0.25) is 5.91 Å². The van der Waals surface area contributed by atoms with Crippen LogP contribution in [0.25, 0.3) is 22.5 Å². The Morgan fingerprint density at radius 2 is 1.91 bits per heavy atom. The van der Waals surface area contributed by atoms with Crippen molar-refractivity contribution in [2.75, 3.05) is 5.32 Å². The lowest BCUT2D eigenvalue weighted by atomic mass is 9.96. The van der Waals surface area contributed by atoms with Crippen molar-refractivity contribution in [3.05, 3.63) is 59.7 Å². The van der Waals surface area contributed by atoms with Gasteiger partial charge < -0.3 is 5.32 Å². The van der Waals surface area contributed by atoms with Gasteiger partial charge in [0.25, 0.3) is 0 Å². The van der Waals surface area contributed by atoms with Gasteiger partial charge in [-0.15, -0.1) is 0 Å². The van der Waals surface area contributed by atoms with Gasteiger partial charge in [-0.2, -0.15) is 5.10 Å². The number of hydrogen-bond acceptors (Lipinski definition) is 2. The molecule has 0 spiro atoms. The van der Waals surface area contributed by atoms with Crippen LogP contribution in [0.1, 0.15) is 11.1 Å². The fourth-order valence-corrected chi connectivity index (χ4v) is 3.23. The Labute approximate surface area is 134 Å². The van der Waals surface area contributed by atoms with E-state index in [0.29, 0.717) is 6.42 Å². The first-order valence-electron chi connectivity index (χ1n) is 7.65. The number of benzene rings is 2. The summed E-state index contributed by atoms with van der Waals surface area (Å²) in [5.41, 5.74) is 7.32. The van der Waals surface area contributed by atoms with Gasteiger partial charge in [0.15, 0.2) is 0 Å². The van der Waals surface area contributed by atoms with Gasteiger partial charge in [-0.3, -0.25) is 9.48 Å². The second-order valence-electron chi connectivity index (χ2n) is 5.91. The third kappa shape index (κ3) is 2.23. The van der Waals surface area contributed by atoms with Crippen LogP contribution < -0.4 is 5.32 Å². The van der Waals surface area contributed by atoms with Crippen LogP contribution in [-0.4, -0.2) is 15.7 Å². The van der Waals surface area contributed by atoms with Crippen molar-refractivity contribution < 1.29 is 4.79 Å². The summed E-state index contributed by atoms with van der Waals surface area (Å²) in [6.45, 7) is 2.08. The highest BCUT2D eigenvalue weighted by atomic mass is 16.1. The maximum absolute atomic E-state index is 11.8. The molecular weight excluding hydrogens is 286 g/mol. The molecule has 4 nitrogen and oxygen atoms in total. The molecule has 0 radical (unpaired) electrons. The molecule has 0 saturated carbocycles. The largest absolute Gasteiger partial charge is 0.326 e. The Morgan fingerprint density at radius 3 is 2.70 bits per heavy atom. The number of hydrogen-bond donors (Lipinski definition) is 1. The Balaban J connectivity index is 1.89. The molecule has 0 fully saturated rings. The number of aryl methyl sites for hydroxylation is 2. The van der Waals surface area contributed by atoms with Crippen molar-refractivity contribution in [2.45, 2.75) is 13.3 Å². The molecule has 0 bridgehead atoms.